The van der Waals surface area contributed by atoms with Crippen LogP contribution in [0, 0.1) is 0 Å². The van der Waals surface area contributed by atoms with Crippen LogP contribution in [0.25, 0.3) is 0 Å². The molecule has 4 rings (SSSR count). The molecule has 0 spiro atoms. The van der Waals surface area contributed by atoms with Crippen molar-refractivity contribution in [1.29, 1.82) is 0 Å². The van der Waals surface area contributed by atoms with Crippen molar-refractivity contribution in [3.8, 4) is 0 Å². The lowest BCUT2D eigenvalue weighted by molar-refractivity contribution is -0.131. The molecule has 2 fully saturated rings. The largest absolute Gasteiger partial charge is 0.311 e. The van der Waals surface area contributed by atoms with Crippen molar-refractivity contribution in [3.05, 3.63) is 71.8 Å². The zero-order chi connectivity index (χ0) is 20.8. The van der Waals surface area contributed by atoms with Crippen LogP contribution in [0.5, 0.6) is 0 Å². The van der Waals surface area contributed by atoms with Crippen LogP contribution in [-0.2, 0) is 9.59 Å². The number of nitrogens with zero attached hydrogens (tertiary/aromatic N) is 1. The van der Waals surface area contributed by atoms with Gasteiger partial charge in [-0.2, -0.15) is 0 Å². The van der Waals surface area contributed by atoms with Crippen molar-refractivity contribution in [2.75, 3.05) is 26.2 Å². The van der Waals surface area contributed by atoms with E-state index in [1.54, 1.807) is 0 Å². The molecule has 1 aliphatic carbocycles. The molecule has 158 valence electrons. The molecule has 30 heavy (non-hydrogen) atoms. The van der Waals surface area contributed by atoms with Crippen LogP contribution in [0.15, 0.2) is 60.7 Å². The average Bonchev–Trinajstić information content (AvgIpc) is 3.57. The third-order valence-corrected chi connectivity index (χ3v) is 6.37. The van der Waals surface area contributed by atoms with Gasteiger partial charge in [0.25, 0.3) is 0 Å². The monoisotopic (exact) mass is 405 g/mol. The maximum atomic E-state index is 12.0. The number of hydrogen-bond acceptors (Lipinski definition) is 5. The topological polar surface area (TPSA) is 61.4 Å². The molecule has 5 heteroatoms. The molecule has 2 aliphatic rings. The van der Waals surface area contributed by atoms with Gasteiger partial charge in [0, 0.05) is 31.1 Å². The Balaban J connectivity index is 1.17. The number of rotatable bonds is 10. The van der Waals surface area contributed by atoms with E-state index in [1.165, 1.54) is 12.0 Å². The Labute approximate surface area is 178 Å². The van der Waals surface area contributed by atoms with E-state index < -0.39 is 11.8 Å². The normalized spacial score (nSPS) is 23.1. The third kappa shape index (κ3) is 5.42. The van der Waals surface area contributed by atoms with Gasteiger partial charge in [-0.05, 0) is 43.5 Å². The molecule has 1 saturated heterocycles. The summed E-state index contributed by atoms with van der Waals surface area (Å²) in [5.74, 6) is 0.264. The number of aldehydes is 1. The third-order valence-electron chi connectivity index (χ3n) is 6.37. The molecule has 2 aromatic carbocycles. The number of carbonyl (C=O) groups excluding carboxylic acids is 2. The van der Waals surface area contributed by atoms with E-state index in [0.717, 1.165) is 38.0 Å². The highest BCUT2D eigenvalue weighted by molar-refractivity contribution is 6.27. The molecular weight excluding hydrogens is 374 g/mol. The molecule has 0 radical (unpaired) electrons. The minimum atomic E-state index is -0.548. The van der Waals surface area contributed by atoms with E-state index in [-0.39, 0.29) is 0 Å². The van der Waals surface area contributed by atoms with Gasteiger partial charge in [-0.25, -0.2) is 0 Å². The van der Waals surface area contributed by atoms with Gasteiger partial charge in [-0.3, -0.25) is 9.59 Å². The predicted octanol–water partition coefficient (Wildman–Crippen LogP) is 2.70. The molecule has 2 aromatic rings. The van der Waals surface area contributed by atoms with E-state index in [2.05, 4.69) is 45.9 Å². The standard InChI is InChI=1S/C25H31N3O2/c29-18-24(30)25(20-9-5-2-6-10-20)26-13-16-28-14-11-21(12-15-28)27-23-17-22(23)19-7-3-1-4-8-19/h1-10,18,21-23,25-27H,11-17H2/t22-,23+,25?/m0/s1. The number of hydrogen-bond donors (Lipinski definition) is 2. The average molecular weight is 406 g/mol. The highest BCUT2D eigenvalue weighted by atomic mass is 16.2. The summed E-state index contributed by atoms with van der Waals surface area (Å²) in [6.07, 6.45) is 3.99. The first-order chi connectivity index (χ1) is 14.7. The fraction of sp³-hybridized carbons (Fsp3) is 0.440. The lowest BCUT2D eigenvalue weighted by atomic mass is 10.0. The first kappa shape index (κ1) is 20.9. The van der Waals surface area contributed by atoms with E-state index in [9.17, 15) is 9.59 Å². The molecular formula is C25H31N3O2. The Hall–Kier alpha value is -2.34. The number of nitrogens with one attached hydrogen (secondary N) is 2. The van der Waals surface area contributed by atoms with Crippen LogP contribution < -0.4 is 10.6 Å². The van der Waals surface area contributed by atoms with Crippen molar-refractivity contribution < 1.29 is 9.59 Å². The van der Waals surface area contributed by atoms with Crippen molar-refractivity contribution in [2.45, 2.75) is 43.3 Å². The summed E-state index contributed by atoms with van der Waals surface area (Å²) in [4.78, 5) is 25.5. The van der Waals surface area contributed by atoms with Gasteiger partial charge in [-0.1, -0.05) is 60.7 Å². The fourth-order valence-electron chi connectivity index (χ4n) is 4.54. The lowest BCUT2D eigenvalue weighted by Crippen LogP contribution is -2.45. The second-order valence-corrected chi connectivity index (χ2v) is 8.46. The van der Waals surface area contributed by atoms with Gasteiger partial charge in [0.05, 0.1) is 6.04 Å². The molecule has 3 atom stereocenters. The zero-order valence-electron chi connectivity index (χ0n) is 17.4. The highest BCUT2D eigenvalue weighted by Crippen LogP contribution is 2.41. The van der Waals surface area contributed by atoms with Crippen LogP contribution in [-0.4, -0.2) is 55.2 Å². The minimum absolute atomic E-state index is 0.415. The maximum Gasteiger partial charge on any atom is 0.216 e. The molecule has 1 saturated carbocycles. The molecule has 5 nitrogen and oxygen atoms in total. The second-order valence-electron chi connectivity index (χ2n) is 8.46. The fourth-order valence-corrected chi connectivity index (χ4v) is 4.54. The Morgan fingerprint density at radius 1 is 1.03 bits per heavy atom. The van der Waals surface area contributed by atoms with Crippen LogP contribution in [0.2, 0.25) is 0 Å². The van der Waals surface area contributed by atoms with Crippen LogP contribution in [0.3, 0.4) is 0 Å². The van der Waals surface area contributed by atoms with Gasteiger partial charge in [0.15, 0.2) is 6.29 Å². The van der Waals surface area contributed by atoms with Crippen molar-refractivity contribution in [1.82, 2.24) is 15.5 Å². The number of carbonyl (C=O) groups is 2. The first-order valence-electron chi connectivity index (χ1n) is 11.1. The molecule has 1 heterocycles. The smallest absolute Gasteiger partial charge is 0.216 e. The van der Waals surface area contributed by atoms with Gasteiger partial charge < -0.3 is 15.5 Å². The molecule has 0 aromatic heterocycles. The molecule has 1 aliphatic heterocycles. The SMILES string of the molecule is O=CC(=O)C(NCCN1CCC(N[C@@H]2C[C@H]2c2ccccc2)CC1)c1ccccc1. The Morgan fingerprint density at radius 2 is 1.70 bits per heavy atom. The maximum absolute atomic E-state index is 12.0. The Morgan fingerprint density at radius 3 is 2.37 bits per heavy atom. The second kappa shape index (κ2) is 10.1. The summed E-state index contributed by atoms with van der Waals surface area (Å²) in [6.45, 7) is 3.72. The number of Topliss-reactive ketones (excluding diaryl/α,β-unsaturated/α-hetero) is 1. The lowest BCUT2D eigenvalue weighted by Gasteiger charge is -2.33. The Bertz CT molecular complexity index is 819. The van der Waals surface area contributed by atoms with E-state index in [0.29, 0.717) is 30.8 Å². The van der Waals surface area contributed by atoms with E-state index >= 15 is 0 Å². The van der Waals surface area contributed by atoms with Gasteiger partial charge in [0.2, 0.25) is 5.78 Å². The quantitative estimate of drug-likeness (QED) is 0.470. The summed E-state index contributed by atoms with van der Waals surface area (Å²) < 4.78 is 0. The zero-order valence-corrected chi connectivity index (χ0v) is 17.4. The predicted molar refractivity (Wildman–Crippen MR) is 118 cm³/mol. The van der Waals surface area contributed by atoms with E-state index in [1.807, 2.05) is 30.3 Å². The number of piperidine rings is 1. The van der Waals surface area contributed by atoms with Gasteiger partial charge >= 0.3 is 0 Å². The van der Waals surface area contributed by atoms with Crippen molar-refractivity contribution in [3.63, 3.8) is 0 Å². The van der Waals surface area contributed by atoms with E-state index in [4.69, 9.17) is 0 Å². The number of benzene rings is 2. The minimum Gasteiger partial charge on any atom is -0.311 e. The summed E-state index contributed by atoms with van der Waals surface area (Å²) >= 11 is 0. The molecule has 0 bridgehead atoms. The summed E-state index contributed by atoms with van der Waals surface area (Å²) in [6, 6.07) is 21.0. The highest BCUT2D eigenvalue weighted by Gasteiger charge is 2.39. The van der Waals surface area contributed by atoms with Crippen LogP contribution in [0.1, 0.15) is 42.3 Å². The summed E-state index contributed by atoms with van der Waals surface area (Å²) in [7, 11) is 0. The van der Waals surface area contributed by atoms with Crippen LogP contribution >= 0.6 is 0 Å². The first-order valence-corrected chi connectivity index (χ1v) is 11.1. The Kier molecular flexibility index (Phi) is 7.05. The number of ketones is 1. The van der Waals surface area contributed by atoms with Gasteiger partial charge in [0.1, 0.15) is 0 Å². The van der Waals surface area contributed by atoms with Crippen molar-refractivity contribution in [2.24, 2.45) is 0 Å². The summed E-state index contributed by atoms with van der Waals surface area (Å²) in [5, 5.41) is 7.13. The summed E-state index contributed by atoms with van der Waals surface area (Å²) in [5.41, 5.74) is 2.30. The van der Waals surface area contributed by atoms with Crippen molar-refractivity contribution >= 4 is 12.1 Å². The van der Waals surface area contributed by atoms with Gasteiger partial charge in [-0.15, -0.1) is 0 Å². The number of likely N-dealkylation sites (tertiary alicyclic amines) is 1. The van der Waals surface area contributed by atoms with Crippen LogP contribution in [0.4, 0.5) is 0 Å². The molecule has 2 N–H and O–H groups in total. The molecule has 0 amide bonds. The molecule has 1 unspecified atom stereocenters.